The van der Waals surface area contributed by atoms with Crippen molar-refractivity contribution in [2.24, 2.45) is 0 Å². The smallest absolute Gasteiger partial charge is 0.0644 e. The van der Waals surface area contributed by atoms with Gasteiger partial charge in [-0.1, -0.05) is 0 Å². The maximum Gasteiger partial charge on any atom is 0.0644 e. The molecule has 2 N–H and O–H groups in total. The Balaban J connectivity index is 2.31. The zero-order valence-corrected chi connectivity index (χ0v) is 6.57. The van der Waals surface area contributed by atoms with E-state index in [1.807, 2.05) is 4.90 Å². The topological polar surface area (TPSA) is 52.9 Å². The van der Waals surface area contributed by atoms with Crippen molar-refractivity contribution >= 4 is 0 Å². The zero-order chi connectivity index (χ0) is 8.10. The van der Waals surface area contributed by atoms with E-state index in [-0.39, 0.29) is 19.3 Å². The number of rotatable bonds is 3. The van der Waals surface area contributed by atoms with E-state index in [1.165, 1.54) is 0 Å². The lowest BCUT2D eigenvalue weighted by atomic mass is 10.2. The second-order valence-corrected chi connectivity index (χ2v) is 2.67. The van der Waals surface area contributed by atoms with E-state index in [0.29, 0.717) is 19.8 Å². The molecule has 4 heteroatoms. The molecule has 4 nitrogen and oxygen atoms in total. The molecule has 0 aromatic carbocycles. The van der Waals surface area contributed by atoms with Gasteiger partial charge in [0.1, 0.15) is 0 Å². The third kappa shape index (κ3) is 2.41. The average molecular weight is 161 g/mol. The number of hydrogen-bond donors (Lipinski definition) is 2. The Kier molecular flexibility index (Phi) is 3.79. The van der Waals surface area contributed by atoms with Gasteiger partial charge >= 0.3 is 0 Å². The third-order valence-corrected chi connectivity index (χ3v) is 1.95. The van der Waals surface area contributed by atoms with Gasteiger partial charge in [-0.05, 0) is 0 Å². The minimum absolute atomic E-state index is 0.0795. The maximum atomic E-state index is 8.88. The van der Waals surface area contributed by atoms with Gasteiger partial charge in [-0.2, -0.15) is 0 Å². The highest BCUT2D eigenvalue weighted by Gasteiger charge is 2.20. The van der Waals surface area contributed by atoms with Crippen LogP contribution in [0.1, 0.15) is 0 Å². The Bertz CT molecular complexity index is 108. The molecule has 0 saturated carbocycles. The quantitative estimate of drug-likeness (QED) is 0.538. The molecule has 0 aliphatic carbocycles. The molecule has 1 atom stereocenters. The normalized spacial score (nSPS) is 27.3. The van der Waals surface area contributed by atoms with Crippen LogP contribution in [0.25, 0.3) is 0 Å². The number of ether oxygens (including phenoxy) is 1. The van der Waals surface area contributed by atoms with Gasteiger partial charge in [-0.3, -0.25) is 4.90 Å². The van der Waals surface area contributed by atoms with Gasteiger partial charge in [0.25, 0.3) is 0 Å². The van der Waals surface area contributed by atoms with Crippen molar-refractivity contribution < 1.29 is 14.9 Å². The Morgan fingerprint density at radius 2 is 2.27 bits per heavy atom. The van der Waals surface area contributed by atoms with Crippen molar-refractivity contribution in [2.75, 3.05) is 39.5 Å². The van der Waals surface area contributed by atoms with Crippen molar-refractivity contribution in [2.45, 2.75) is 6.04 Å². The van der Waals surface area contributed by atoms with Crippen molar-refractivity contribution in [3.05, 3.63) is 0 Å². The van der Waals surface area contributed by atoms with Gasteiger partial charge in [0.2, 0.25) is 0 Å². The van der Waals surface area contributed by atoms with Crippen LogP contribution in [-0.2, 0) is 4.74 Å². The second-order valence-electron chi connectivity index (χ2n) is 2.67. The Morgan fingerprint density at radius 3 is 2.91 bits per heavy atom. The van der Waals surface area contributed by atoms with Crippen molar-refractivity contribution in [3.63, 3.8) is 0 Å². The molecule has 1 aliphatic heterocycles. The summed E-state index contributed by atoms with van der Waals surface area (Å²) in [5.74, 6) is 0. The van der Waals surface area contributed by atoms with Gasteiger partial charge in [0.15, 0.2) is 0 Å². The van der Waals surface area contributed by atoms with E-state index in [2.05, 4.69) is 0 Å². The Hall–Kier alpha value is -0.160. The standard InChI is InChI=1S/C7H15NO3/c9-3-1-8-2-4-11-6-7(8)5-10/h7,9-10H,1-6H2. The highest BCUT2D eigenvalue weighted by atomic mass is 16.5. The van der Waals surface area contributed by atoms with Crippen LogP contribution in [-0.4, -0.2) is 60.7 Å². The molecule has 0 spiro atoms. The highest BCUT2D eigenvalue weighted by molar-refractivity contribution is 4.73. The number of morpholine rings is 1. The number of aliphatic hydroxyl groups excluding tert-OH is 2. The van der Waals surface area contributed by atoms with Crippen LogP contribution in [0.15, 0.2) is 0 Å². The summed E-state index contributed by atoms with van der Waals surface area (Å²) >= 11 is 0. The summed E-state index contributed by atoms with van der Waals surface area (Å²) in [6.07, 6.45) is 0. The molecule has 0 amide bonds. The van der Waals surface area contributed by atoms with E-state index in [4.69, 9.17) is 14.9 Å². The van der Waals surface area contributed by atoms with E-state index in [9.17, 15) is 0 Å². The highest BCUT2D eigenvalue weighted by Crippen LogP contribution is 2.04. The SMILES string of the molecule is OCCN1CCOCC1CO. The van der Waals surface area contributed by atoms with Gasteiger partial charge in [-0.15, -0.1) is 0 Å². The summed E-state index contributed by atoms with van der Waals surface area (Å²) in [5, 5.41) is 17.6. The first kappa shape index (κ1) is 8.93. The molecular formula is C7H15NO3. The monoisotopic (exact) mass is 161 g/mol. The number of β-amino-alcohol motifs (C(OH)–C–C–N with tert-alkyl or cyclic N) is 1. The molecule has 1 unspecified atom stereocenters. The van der Waals surface area contributed by atoms with E-state index < -0.39 is 0 Å². The van der Waals surface area contributed by atoms with Crippen LogP contribution in [0.4, 0.5) is 0 Å². The maximum absolute atomic E-state index is 8.88. The molecule has 0 bridgehead atoms. The van der Waals surface area contributed by atoms with E-state index in [1.54, 1.807) is 0 Å². The largest absolute Gasteiger partial charge is 0.395 e. The predicted octanol–water partition coefficient (Wildman–Crippen LogP) is -1.33. The lowest BCUT2D eigenvalue weighted by Gasteiger charge is -2.33. The van der Waals surface area contributed by atoms with Gasteiger partial charge in [-0.25, -0.2) is 0 Å². The first-order valence-corrected chi connectivity index (χ1v) is 3.92. The van der Waals surface area contributed by atoms with Crippen molar-refractivity contribution in [3.8, 4) is 0 Å². The second kappa shape index (κ2) is 4.66. The molecular weight excluding hydrogens is 146 g/mol. The molecule has 1 heterocycles. The van der Waals surface area contributed by atoms with Crippen LogP contribution in [0.5, 0.6) is 0 Å². The van der Waals surface area contributed by atoms with E-state index >= 15 is 0 Å². The summed E-state index contributed by atoms with van der Waals surface area (Å²) in [4.78, 5) is 2.05. The zero-order valence-electron chi connectivity index (χ0n) is 6.57. The van der Waals surface area contributed by atoms with Gasteiger partial charge < -0.3 is 14.9 Å². The number of hydrogen-bond acceptors (Lipinski definition) is 4. The summed E-state index contributed by atoms with van der Waals surface area (Å²) in [6, 6.07) is 0.0795. The fourth-order valence-electron chi connectivity index (χ4n) is 1.28. The first-order valence-electron chi connectivity index (χ1n) is 3.92. The fraction of sp³-hybridized carbons (Fsp3) is 1.00. The van der Waals surface area contributed by atoms with Crippen LogP contribution in [0, 0.1) is 0 Å². The predicted molar refractivity (Wildman–Crippen MR) is 40.4 cm³/mol. The van der Waals surface area contributed by atoms with Gasteiger partial charge in [0.05, 0.1) is 32.5 Å². The Morgan fingerprint density at radius 1 is 1.45 bits per heavy atom. The lowest BCUT2D eigenvalue weighted by molar-refractivity contribution is -0.0324. The lowest BCUT2D eigenvalue weighted by Crippen LogP contribution is -2.48. The van der Waals surface area contributed by atoms with Crippen LogP contribution in [0.2, 0.25) is 0 Å². The molecule has 1 rings (SSSR count). The molecule has 11 heavy (non-hydrogen) atoms. The molecule has 0 aromatic heterocycles. The average Bonchev–Trinajstić information content (AvgIpc) is 2.06. The summed E-state index contributed by atoms with van der Waals surface area (Å²) in [5.41, 5.74) is 0. The van der Waals surface area contributed by atoms with Crippen molar-refractivity contribution in [1.82, 2.24) is 4.90 Å². The number of nitrogens with zero attached hydrogens (tertiary/aromatic N) is 1. The minimum atomic E-state index is 0.0795. The first-order chi connectivity index (χ1) is 5.38. The third-order valence-electron chi connectivity index (χ3n) is 1.95. The minimum Gasteiger partial charge on any atom is -0.395 e. The summed E-state index contributed by atoms with van der Waals surface area (Å²) in [6.45, 7) is 2.99. The van der Waals surface area contributed by atoms with Crippen LogP contribution in [0.3, 0.4) is 0 Å². The molecule has 1 fully saturated rings. The molecule has 1 aliphatic rings. The molecule has 66 valence electrons. The summed E-state index contributed by atoms with van der Waals surface area (Å²) in [7, 11) is 0. The molecule has 0 radical (unpaired) electrons. The summed E-state index contributed by atoms with van der Waals surface area (Å²) < 4.78 is 5.17. The number of aliphatic hydroxyl groups is 2. The fourth-order valence-corrected chi connectivity index (χ4v) is 1.28. The van der Waals surface area contributed by atoms with Crippen molar-refractivity contribution in [1.29, 1.82) is 0 Å². The van der Waals surface area contributed by atoms with Gasteiger partial charge in [0, 0.05) is 13.1 Å². The van der Waals surface area contributed by atoms with E-state index in [0.717, 1.165) is 6.54 Å². The molecule has 1 saturated heterocycles. The van der Waals surface area contributed by atoms with Crippen LogP contribution < -0.4 is 0 Å². The Labute approximate surface area is 66.4 Å². The van der Waals surface area contributed by atoms with Crippen LogP contribution >= 0.6 is 0 Å². The molecule has 0 aromatic rings.